The molecule has 1 aromatic heterocycles. The Bertz CT molecular complexity index is 1490. The van der Waals surface area contributed by atoms with Crippen LogP contribution in [-0.2, 0) is 19.1 Å². The second-order valence-corrected chi connectivity index (χ2v) is 9.77. The van der Waals surface area contributed by atoms with Gasteiger partial charge in [0.15, 0.2) is 5.13 Å². The van der Waals surface area contributed by atoms with Gasteiger partial charge in [-0.25, -0.2) is 14.6 Å². The smallest absolute Gasteiger partial charge is 0.350 e. The van der Waals surface area contributed by atoms with E-state index < -0.39 is 35.4 Å². The van der Waals surface area contributed by atoms with Gasteiger partial charge in [-0.3, -0.25) is 14.5 Å². The molecular weight excluding hydrogens is 536 g/mol. The first-order chi connectivity index (χ1) is 19.2. The number of carbonyl (C=O) groups excluding carboxylic acids is 4. The molecule has 1 atom stereocenters. The molecule has 3 aromatic rings. The number of hydrogen-bond donors (Lipinski definition) is 1. The number of amides is 1. The number of benzene rings is 2. The van der Waals surface area contributed by atoms with Gasteiger partial charge in [-0.2, -0.15) is 0 Å². The monoisotopic (exact) mass is 564 g/mol. The average Bonchev–Trinajstić information content (AvgIpc) is 3.47. The van der Waals surface area contributed by atoms with Crippen molar-refractivity contribution in [2.45, 2.75) is 33.2 Å². The molecule has 40 heavy (non-hydrogen) atoms. The highest BCUT2D eigenvalue weighted by Crippen LogP contribution is 2.44. The molecule has 1 amide bonds. The zero-order valence-corrected chi connectivity index (χ0v) is 23.2. The van der Waals surface area contributed by atoms with Crippen LogP contribution in [0.15, 0.2) is 54.1 Å². The summed E-state index contributed by atoms with van der Waals surface area (Å²) in [7, 11) is 1.26. The van der Waals surface area contributed by atoms with Crippen molar-refractivity contribution in [3.8, 4) is 5.75 Å². The summed E-state index contributed by atoms with van der Waals surface area (Å²) in [6.45, 7) is 5.86. The molecule has 1 unspecified atom stereocenters. The number of aliphatic hydroxyl groups excluding tert-OH is 1. The van der Waals surface area contributed by atoms with Crippen molar-refractivity contribution in [3.63, 3.8) is 0 Å². The maximum absolute atomic E-state index is 13.5. The van der Waals surface area contributed by atoms with Crippen LogP contribution in [-0.4, -0.2) is 54.0 Å². The maximum atomic E-state index is 13.5. The molecule has 0 radical (unpaired) electrons. The number of nitrogens with zero attached hydrogens (tertiary/aromatic N) is 2. The number of ether oxygens (including phenoxy) is 3. The van der Waals surface area contributed by atoms with E-state index in [1.165, 1.54) is 19.2 Å². The lowest BCUT2D eigenvalue weighted by Crippen LogP contribution is -2.29. The SMILES string of the molecule is CCCOc1cccc(/C(O)=C2\C(=O)C(=O)N(c3nc(C)c(C(=O)OCC)s3)C2c2ccc(C(=O)OC)cc2)c1. The number of esters is 2. The van der Waals surface area contributed by atoms with Crippen molar-refractivity contribution in [2.24, 2.45) is 0 Å². The molecule has 1 saturated heterocycles. The van der Waals surface area contributed by atoms with E-state index in [9.17, 15) is 24.3 Å². The van der Waals surface area contributed by atoms with Crippen LogP contribution < -0.4 is 9.64 Å². The van der Waals surface area contributed by atoms with Crippen molar-refractivity contribution < 1.29 is 38.5 Å². The predicted molar refractivity (Wildman–Crippen MR) is 148 cm³/mol. The Labute approximate surface area is 234 Å². The standard InChI is InChI=1S/C29H28N2O8S/c1-5-14-39-20-9-7-8-19(15-20)23(32)21-22(17-10-12-18(13-11-17)27(35)37-4)31(26(34)24(21)33)29-30-16(3)25(40-29)28(36)38-6-2/h7-13,15,22,32H,5-6,14H2,1-4H3/b23-21+. The Morgan fingerprint density at radius 2 is 1.77 bits per heavy atom. The lowest BCUT2D eigenvalue weighted by Gasteiger charge is -2.23. The first kappa shape index (κ1) is 28.5. The van der Waals surface area contributed by atoms with Gasteiger partial charge in [-0.05, 0) is 50.1 Å². The Kier molecular flexibility index (Phi) is 8.64. The molecule has 2 aromatic carbocycles. The summed E-state index contributed by atoms with van der Waals surface area (Å²) in [6.07, 6.45) is 0.782. The first-order valence-corrected chi connectivity index (χ1v) is 13.4. The highest BCUT2D eigenvalue weighted by atomic mass is 32.1. The summed E-state index contributed by atoms with van der Waals surface area (Å²) < 4.78 is 15.5. The number of thiazole rings is 1. The molecule has 0 saturated carbocycles. The van der Waals surface area contributed by atoms with Gasteiger partial charge < -0.3 is 19.3 Å². The van der Waals surface area contributed by atoms with Crippen molar-refractivity contribution in [1.82, 2.24) is 4.98 Å². The van der Waals surface area contributed by atoms with Gasteiger partial charge in [-0.15, -0.1) is 0 Å². The van der Waals surface area contributed by atoms with E-state index in [2.05, 4.69) is 4.98 Å². The lowest BCUT2D eigenvalue weighted by atomic mass is 9.94. The number of hydrogen-bond acceptors (Lipinski definition) is 10. The van der Waals surface area contributed by atoms with Crippen LogP contribution in [0.25, 0.3) is 5.76 Å². The third-order valence-corrected chi connectivity index (χ3v) is 7.26. The minimum Gasteiger partial charge on any atom is -0.507 e. The summed E-state index contributed by atoms with van der Waals surface area (Å²) >= 11 is 0.911. The quantitative estimate of drug-likeness (QED) is 0.168. The largest absolute Gasteiger partial charge is 0.507 e. The van der Waals surface area contributed by atoms with Crippen LogP contribution in [0.2, 0.25) is 0 Å². The number of aryl methyl sites for hydroxylation is 1. The van der Waals surface area contributed by atoms with E-state index in [-0.39, 0.29) is 33.3 Å². The molecule has 0 aliphatic carbocycles. The Balaban J connectivity index is 1.88. The van der Waals surface area contributed by atoms with Crippen LogP contribution >= 0.6 is 11.3 Å². The fraction of sp³-hybridized carbons (Fsp3) is 0.276. The highest BCUT2D eigenvalue weighted by Gasteiger charge is 2.48. The molecule has 10 nitrogen and oxygen atoms in total. The van der Waals surface area contributed by atoms with Crippen LogP contribution in [0.3, 0.4) is 0 Å². The topological polar surface area (TPSA) is 132 Å². The number of rotatable bonds is 9. The van der Waals surface area contributed by atoms with E-state index >= 15 is 0 Å². The fourth-order valence-electron chi connectivity index (χ4n) is 4.24. The molecule has 0 bridgehead atoms. The number of aliphatic hydroxyl groups is 1. The van der Waals surface area contributed by atoms with E-state index in [1.807, 2.05) is 6.92 Å². The Hall–Kier alpha value is -4.51. The van der Waals surface area contributed by atoms with Crippen LogP contribution in [0, 0.1) is 6.92 Å². The highest BCUT2D eigenvalue weighted by molar-refractivity contribution is 7.17. The minimum atomic E-state index is -1.10. The zero-order valence-electron chi connectivity index (χ0n) is 22.4. The number of aromatic nitrogens is 1. The summed E-state index contributed by atoms with van der Waals surface area (Å²) in [5.41, 5.74) is 1.14. The van der Waals surface area contributed by atoms with Gasteiger partial charge in [0, 0.05) is 5.56 Å². The number of carbonyl (C=O) groups is 4. The molecule has 1 aliphatic rings. The molecule has 2 heterocycles. The second kappa shape index (κ2) is 12.1. The van der Waals surface area contributed by atoms with E-state index in [0.717, 1.165) is 22.7 Å². The summed E-state index contributed by atoms with van der Waals surface area (Å²) in [5.74, 6) is -2.91. The molecule has 1 aliphatic heterocycles. The lowest BCUT2D eigenvalue weighted by molar-refractivity contribution is -0.132. The van der Waals surface area contributed by atoms with Gasteiger partial charge in [-0.1, -0.05) is 42.5 Å². The van der Waals surface area contributed by atoms with Gasteiger partial charge in [0.25, 0.3) is 5.78 Å². The molecule has 1 fully saturated rings. The predicted octanol–water partition coefficient (Wildman–Crippen LogP) is 4.83. The molecule has 4 rings (SSSR count). The van der Waals surface area contributed by atoms with Crippen LogP contribution in [0.1, 0.15) is 63.2 Å². The summed E-state index contributed by atoms with van der Waals surface area (Å²) in [4.78, 5) is 57.1. The van der Waals surface area contributed by atoms with E-state index in [4.69, 9.17) is 14.2 Å². The summed E-state index contributed by atoms with van der Waals surface area (Å²) in [5, 5.41) is 11.5. The van der Waals surface area contributed by atoms with Crippen LogP contribution in [0.4, 0.5) is 5.13 Å². The van der Waals surface area contributed by atoms with E-state index in [0.29, 0.717) is 23.6 Å². The Morgan fingerprint density at radius 1 is 1.05 bits per heavy atom. The molecule has 0 spiro atoms. The minimum absolute atomic E-state index is 0.0868. The van der Waals surface area contributed by atoms with Crippen molar-refractivity contribution in [3.05, 3.63) is 81.4 Å². The molecule has 1 N–H and O–H groups in total. The van der Waals surface area contributed by atoms with Crippen LogP contribution in [0.5, 0.6) is 5.75 Å². The third kappa shape index (κ3) is 5.46. The number of anilines is 1. The maximum Gasteiger partial charge on any atom is 0.350 e. The second-order valence-electron chi connectivity index (χ2n) is 8.79. The van der Waals surface area contributed by atoms with Gasteiger partial charge in [0.1, 0.15) is 16.4 Å². The molecule has 208 valence electrons. The zero-order chi connectivity index (χ0) is 29.0. The van der Waals surface area contributed by atoms with Crippen molar-refractivity contribution in [2.75, 3.05) is 25.2 Å². The fourth-order valence-corrected chi connectivity index (χ4v) is 5.23. The average molecular weight is 565 g/mol. The van der Waals surface area contributed by atoms with Gasteiger partial charge in [0.05, 0.1) is 43.2 Å². The van der Waals surface area contributed by atoms with Gasteiger partial charge in [0.2, 0.25) is 0 Å². The Morgan fingerprint density at radius 3 is 2.42 bits per heavy atom. The van der Waals surface area contributed by atoms with Gasteiger partial charge >= 0.3 is 17.8 Å². The number of methoxy groups -OCH3 is 1. The first-order valence-electron chi connectivity index (χ1n) is 12.6. The van der Waals surface area contributed by atoms with Crippen molar-refractivity contribution in [1.29, 1.82) is 0 Å². The third-order valence-electron chi connectivity index (χ3n) is 6.12. The normalized spacial score (nSPS) is 16.2. The van der Waals surface area contributed by atoms with Crippen molar-refractivity contribution >= 4 is 45.9 Å². The molecular formula is C29H28N2O8S. The molecule has 11 heteroatoms. The number of Topliss-reactive ketones (excluding diaryl/α,β-unsaturated/α-hetero) is 1. The number of ketones is 1. The van der Waals surface area contributed by atoms with E-state index in [1.54, 1.807) is 50.2 Å². The summed E-state index contributed by atoms with van der Waals surface area (Å²) in [6, 6.07) is 11.6.